The Hall–Kier alpha value is -1.36. The molecule has 1 saturated carbocycles. The number of aromatic nitrogens is 2. The average Bonchev–Trinajstić information content (AvgIpc) is 2.78. The lowest BCUT2D eigenvalue weighted by molar-refractivity contribution is 0.126. The van der Waals surface area contributed by atoms with Gasteiger partial charge in [0.1, 0.15) is 18.5 Å². The number of nitrogen functional groups attached to an aromatic ring is 1. The first-order valence-corrected chi connectivity index (χ1v) is 6.15. The van der Waals surface area contributed by atoms with Crippen LogP contribution in [0.5, 0.6) is 5.88 Å². The smallest absolute Gasteiger partial charge is 0.219 e. The van der Waals surface area contributed by atoms with Gasteiger partial charge in [-0.3, -0.25) is 0 Å². The molecule has 5 nitrogen and oxygen atoms in total. The maximum atomic E-state index is 5.79. The molecule has 17 heavy (non-hydrogen) atoms. The standard InChI is InChI=1S/C12H19N3O2/c1-2-16-8-11-14-10(13)7-12(15-11)17-9-5-3-4-6-9/h7,9H,2-6,8H2,1H3,(H2,13,14,15). The van der Waals surface area contributed by atoms with Crippen LogP contribution in [0.3, 0.4) is 0 Å². The molecule has 0 spiro atoms. The van der Waals surface area contributed by atoms with E-state index in [1.165, 1.54) is 12.8 Å². The van der Waals surface area contributed by atoms with Crippen molar-refractivity contribution in [2.24, 2.45) is 0 Å². The maximum Gasteiger partial charge on any atom is 0.219 e. The van der Waals surface area contributed by atoms with Crippen molar-refractivity contribution in [3.8, 4) is 5.88 Å². The Kier molecular flexibility index (Phi) is 4.14. The summed E-state index contributed by atoms with van der Waals surface area (Å²) in [6.07, 6.45) is 4.95. The number of ether oxygens (including phenoxy) is 2. The number of hydrogen-bond donors (Lipinski definition) is 1. The first-order chi connectivity index (χ1) is 8.28. The van der Waals surface area contributed by atoms with Gasteiger partial charge in [-0.05, 0) is 32.6 Å². The fraction of sp³-hybridized carbons (Fsp3) is 0.667. The summed E-state index contributed by atoms with van der Waals surface area (Å²) < 4.78 is 11.1. The zero-order valence-corrected chi connectivity index (χ0v) is 10.2. The van der Waals surface area contributed by atoms with Gasteiger partial charge in [0.25, 0.3) is 0 Å². The predicted molar refractivity (Wildman–Crippen MR) is 64.7 cm³/mol. The van der Waals surface area contributed by atoms with Crippen molar-refractivity contribution >= 4 is 5.82 Å². The quantitative estimate of drug-likeness (QED) is 0.847. The van der Waals surface area contributed by atoms with E-state index in [2.05, 4.69) is 9.97 Å². The second-order valence-corrected chi connectivity index (χ2v) is 4.21. The van der Waals surface area contributed by atoms with Crippen molar-refractivity contribution in [1.82, 2.24) is 9.97 Å². The number of nitrogens with two attached hydrogens (primary N) is 1. The Morgan fingerprint density at radius 2 is 2.12 bits per heavy atom. The van der Waals surface area contributed by atoms with Crippen LogP contribution >= 0.6 is 0 Å². The van der Waals surface area contributed by atoms with Gasteiger partial charge in [-0.15, -0.1) is 0 Å². The van der Waals surface area contributed by atoms with Crippen molar-refractivity contribution in [3.05, 3.63) is 11.9 Å². The van der Waals surface area contributed by atoms with Crippen LogP contribution in [0.1, 0.15) is 38.4 Å². The highest BCUT2D eigenvalue weighted by Crippen LogP contribution is 2.23. The van der Waals surface area contributed by atoms with E-state index in [0.717, 1.165) is 12.8 Å². The molecule has 1 aliphatic carbocycles. The summed E-state index contributed by atoms with van der Waals surface area (Å²) in [5.41, 5.74) is 5.72. The van der Waals surface area contributed by atoms with Gasteiger partial charge in [-0.25, -0.2) is 4.98 Å². The van der Waals surface area contributed by atoms with E-state index in [1.807, 2.05) is 6.92 Å². The molecule has 0 amide bonds. The van der Waals surface area contributed by atoms with Gasteiger partial charge in [0.2, 0.25) is 5.88 Å². The molecule has 0 saturated heterocycles. The van der Waals surface area contributed by atoms with Crippen LogP contribution in [0.4, 0.5) is 5.82 Å². The molecular weight excluding hydrogens is 218 g/mol. The van der Waals surface area contributed by atoms with Gasteiger partial charge in [0.15, 0.2) is 5.82 Å². The number of hydrogen-bond acceptors (Lipinski definition) is 5. The molecule has 0 bridgehead atoms. The van der Waals surface area contributed by atoms with Gasteiger partial charge in [-0.1, -0.05) is 0 Å². The number of rotatable bonds is 5. The molecule has 94 valence electrons. The van der Waals surface area contributed by atoms with Gasteiger partial charge in [-0.2, -0.15) is 4.98 Å². The molecule has 1 fully saturated rings. The largest absolute Gasteiger partial charge is 0.474 e. The summed E-state index contributed by atoms with van der Waals surface area (Å²) in [6, 6.07) is 1.67. The molecule has 1 aliphatic rings. The predicted octanol–water partition coefficient (Wildman–Crippen LogP) is 1.92. The van der Waals surface area contributed by atoms with E-state index in [-0.39, 0.29) is 6.10 Å². The number of nitrogens with zero attached hydrogens (tertiary/aromatic N) is 2. The van der Waals surface area contributed by atoms with Gasteiger partial charge in [0.05, 0.1) is 0 Å². The Labute approximate surface area is 101 Å². The topological polar surface area (TPSA) is 70.3 Å². The second-order valence-electron chi connectivity index (χ2n) is 4.21. The van der Waals surface area contributed by atoms with Crippen LogP contribution in [-0.2, 0) is 11.3 Å². The third-order valence-corrected chi connectivity index (χ3v) is 2.79. The van der Waals surface area contributed by atoms with Crippen LogP contribution in [0.25, 0.3) is 0 Å². The molecule has 1 aromatic rings. The number of anilines is 1. The molecule has 0 radical (unpaired) electrons. The molecule has 5 heteroatoms. The summed E-state index contributed by atoms with van der Waals surface area (Å²) in [4.78, 5) is 8.40. The molecular formula is C12H19N3O2. The van der Waals surface area contributed by atoms with Crippen LogP contribution in [0.15, 0.2) is 6.07 Å². The van der Waals surface area contributed by atoms with Crippen molar-refractivity contribution in [3.63, 3.8) is 0 Å². The third kappa shape index (κ3) is 3.56. The van der Waals surface area contributed by atoms with E-state index >= 15 is 0 Å². The van der Waals surface area contributed by atoms with Crippen molar-refractivity contribution < 1.29 is 9.47 Å². The minimum Gasteiger partial charge on any atom is -0.474 e. The monoisotopic (exact) mass is 237 g/mol. The first kappa shape index (κ1) is 12.1. The average molecular weight is 237 g/mol. The summed E-state index contributed by atoms with van der Waals surface area (Å²) in [5, 5.41) is 0. The van der Waals surface area contributed by atoms with E-state index in [9.17, 15) is 0 Å². The summed E-state index contributed by atoms with van der Waals surface area (Å²) in [6.45, 7) is 2.95. The molecule has 2 N–H and O–H groups in total. The molecule has 0 unspecified atom stereocenters. The van der Waals surface area contributed by atoms with Gasteiger partial charge >= 0.3 is 0 Å². The van der Waals surface area contributed by atoms with E-state index < -0.39 is 0 Å². The summed E-state index contributed by atoms with van der Waals surface area (Å²) in [5.74, 6) is 1.58. The van der Waals surface area contributed by atoms with Crippen molar-refractivity contribution in [1.29, 1.82) is 0 Å². The lowest BCUT2D eigenvalue weighted by Gasteiger charge is -2.13. The normalized spacial score (nSPS) is 16.3. The highest BCUT2D eigenvalue weighted by molar-refractivity contribution is 5.32. The fourth-order valence-corrected chi connectivity index (χ4v) is 1.99. The minimum atomic E-state index is 0.282. The second kappa shape index (κ2) is 5.82. The van der Waals surface area contributed by atoms with Gasteiger partial charge < -0.3 is 15.2 Å². The lowest BCUT2D eigenvalue weighted by atomic mass is 10.3. The fourth-order valence-electron chi connectivity index (χ4n) is 1.99. The molecule has 2 rings (SSSR count). The van der Waals surface area contributed by atoms with Crippen molar-refractivity contribution in [2.75, 3.05) is 12.3 Å². The minimum absolute atomic E-state index is 0.282. The highest BCUT2D eigenvalue weighted by atomic mass is 16.5. The van der Waals surface area contributed by atoms with Crippen molar-refractivity contribution in [2.45, 2.75) is 45.3 Å². The SMILES string of the molecule is CCOCc1nc(N)cc(OC2CCCC2)n1. The Balaban J connectivity index is 2.02. The van der Waals surface area contributed by atoms with Crippen LogP contribution in [0, 0.1) is 0 Å². The Morgan fingerprint density at radius 3 is 2.82 bits per heavy atom. The third-order valence-electron chi connectivity index (χ3n) is 2.79. The van der Waals surface area contributed by atoms with E-state index in [1.54, 1.807) is 6.07 Å². The summed E-state index contributed by atoms with van der Waals surface area (Å²) >= 11 is 0. The lowest BCUT2D eigenvalue weighted by Crippen LogP contribution is -2.13. The van der Waals surface area contributed by atoms with Crippen LogP contribution in [-0.4, -0.2) is 22.7 Å². The van der Waals surface area contributed by atoms with E-state index in [4.69, 9.17) is 15.2 Å². The maximum absolute atomic E-state index is 5.79. The molecule has 0 atom stereocenters. The molecule has 0 aromatic carbocycles. The molecule has 1 heterocycles. The first-order valence-electron chi connectivity index (χ1n) is 6.15. The van der Waals surface area contributed by atoms with Crippen LogP contribution in [0.2, 0.25) is 0 Å². The molecule has 0 aliphatic heterocycles. The Bertz CT molecular complexity index is 365. The Morgan fingerprint density at radius 1 is 1.35 bits per heavy atom. The zero-order chi connectivity index (χ0) is 12.1. The van der Waals surface area contributed by atoms with Gasteiger partial charge in [0, 0.05) is 12.7 Å². The molecule has 1 aromatic heterocycles. The zero-order valence-electron chi connectivity index (χ0n) is 10.2. The summed E-state index contributed by atoms with van der Waals surface area (Å²) in [7, 11) is 0. The highest BCUT2D eigenvalue weighted by Gasteiger charge is 2.17. The van der Waals surface area contributed by atoms with E-state index in [0.29, 0.717) is 30.7 Å². The van der Waals surface area contributed by atoms with Crippen LogP contribution < -0.4 is 10.5 Å².